The SMILES string of the molecule is CCC(CC)c1ccc(OCCN2CCCCC2)cc1. The molecule has 1 aliphatic rings. The van der Waals surface area contributed by atoms with Gasteiger partial charge in [-0.2, -0.15) is 0 Å². The Kier molecular flexibility index (Phi) is 6.38. The highest BCUT2D eigenvalue weighted by Crippen LogP contribution is 2.24. The molecule has 0 atom stereocenters. The van der Waals surface area contributed by atoms with Crippen molar-refractivity contribution in [3.05, 3.63) is 29.8 Å². The summed E-state index contributed by atoms with van der Waals surface area (Å²) in [5.74, 6) is 1.70. The Morgan fingerprint density at radius 2 is 1.65 bits per heavy atom. The van der Waals surface area contributed by atoms with Crippen molar-refractivity contribution in [2.45, 2.75) is 51.9 Å². The summed E-state index contributed by atoms with van der Waals surface area (Å²) in [5, 5.41) is 0. The summed E-state index contributed by atoms with van der Waals surface area (Å²) >= 11 is 0. The lowest BCUT2D eigenvalue weighted by atomic mass is 9.94. The summed E-state index contributed by atoms with van der Waals surface area (Å²) in [6, 6.07) is 8.72. The van der Waals surface area contributed by atoms with Gasteiger partial charge in [-0.05, 0) is 62.4 Å². The Balaban J connectivity index is 1.75. The van der Waals surface area contributed by atoms with Crippen LogP contribution in [0.3, 0.4) is 0 Å². The summed E-state index contributed by atoms with van der Waals surface area (Å²) in [5.41, 5.74) is 1.44. The molecular weight excluding hydrogens is 246 g/mol. The van der Waals surface area contributed by atoms with Gasteiger partial charge in [-0.1, -0.05) is 32.4 Å². The molecule has 0 aromatic heterocycles. The Morgan fingerprint density at radius 1 is 1.00 bits per heavy atom. The molecule has 0 bridgehead atoms. The van der Waals surface area contributed by atoms with E-state index in [1.54, 1.807) is 0 Å². The minimum atomic E-state index is 0.692. The van der Waals surface area contributed by atoms with Crippen LogP contribution in [-0.4, -0.2) is 31.1 Å². The molecular formula is C18H29NO. The van der Waals surface area contributed by atoms with Gasteiger partial charge in [-0.25, -0.2) is 0 Å². The van der Waals surface area contributed by atoms with Crippen molar-refractivity contribution < 1.29 is 4.74 Å². The molecule has 2 heteroatoms. The van der Waals surface area contributed by atoms with Crippen molar-refractivity contribution in [3.63, 3.8) is 0 Å². The Labute approximate surface area is 124 Å². The predicted octanol–water partition coefficient (Wildman–Crippen LogP) is 4.45. The predicted molar refractivity (Wildman–Crippen MR) is 85.6 cm³/mol. The summed E-state index contributed by atoms with van der Waals surface area (Å²) in [4.78, 5) is 2.52. The fraction of sp³-hybridized carbons (Fsp3) is 0.667. The lowest BCUT2D eigenvalue weighted by Crippen LogP contribution is -2.33. The van der Waals surface area contributed by atoms with Crippen LogP contribution < -0.4 is 4.74 Å². The van der Waals surface area contributed by atoms with Gasteiger partial charge >= 0.3 is 0 Å². The van der Waals surface area contributed by atoms with E-state index in [4.69, 9.17) is 4.74 Å². The number of rotatable bonds is 7. The van der Waals surface area contributed by atoms with Crippen LogP contribution in [0.25, 0.3) is 0 Å². The van der Waals surface area contributed by atoms with Gasteiger partial charge in [0.2, 0.25) is 0 Å². The largest absolute Gasteiger partial charge is 0.492 e. The van der Waals surface area contributed by atoms with Crippen molar-refractivity contribution in [3.8, 4) is 5.75 Å². The van der Waals surface area contributed by atoms with Crippen molar-refractivity contribution in [1.29, 1.82) is 0 Å². The molecule has 0 aliphatic carbocycles. The molecule has 1 fully saturated rings. The zero-order valence-electron chi connectivity index (χ0n) is 13.1. The van der Waals surface area contributed by atoms with E-state index >= 15 is 0 Å². The molecule has 2 nitrogen and oxygen atoms in total. The first-order chi connectivity index (χ1) is 9.83. The van der Waals surface area contributed by atoms with Crippen molar-refractivity contribution in [1.82, 2.24) is 4.90 Å². The Morgan fingerprint density at radius 3 is 2.25 bits per heavy atom. The molecule has 1 aromatic rings. The second-order valence-electron chi connectivity index (χ2n) is 5.83. The van der Waals surface area contributed by atoms with E-state index in [9.17, 15) is 0 Å². The smallest absolute Gasteiger partial charge is 0.119 e. The third kappa shape index (κ3) is 4.52. The van der Waals surface area contributed by atoms with Crippen LogP contribution in [0.2, 0.25) is 0 Å². The minimum absolute atomic E-state index is 0.692. The number of hydrogen-bond donors (Lipinski definition) is 0. The molecule has 20 heavy (non-hydrogen) atoms. The normalized spacial score (nSPS) is 16.6. The molecule has 0 radical (unpaired) electrons. The van der Waals surface area contributed by atoms with Crippen molar-refractivity contribution in [2.75, 3.05) is 26.2 Å². The van der Waals surface area contributed by atoms with Crippen LogP contribution >= 0.6 is 0 Å². The maximum Gasteiger partial charge on any atom is 0.119 e. The quantitative estimate of drug-likeness (QED) is 0.728. The van der Waals surface area contributed by atoms with Gasteiger partial charge in [-0.15, -0.1) is 0 Å². The molecule has 112 valence electrons. The molecule has 0 amide bonds. The molecule has 0 N–H and O–H groups in total. The first-order valence-corrected chi connectivity index (χ1v) is 8.28. The second kappa shape index (κ2) is 8.31. The number of ether oxygens (including phenoxy) is 1. The highest BCUT2D eigenvalue weighted by atomic mass is 16.5. The Bertz CT molecular complexity index is 364. The lowest BCUT2D eigenvalue weighted by Gasteiger charge is -2.26. The van der Waals surface area contributed by atoms with E-state index < -0.39 is 0 Å². The molecule has 1 aliphatic heterocycles. The van der Waals surface area contributed by atoms with Crippen molar-refractivity contribution in [2.24, 2.45) is 0 Å². The molecule has 1 aromatic carbocycles. The lowest BCUT2D eigenvalue weighted by molar-refractivity contribution is 0.183. The van der Waals surface area contributed by atoms with E-state index in [1.807, 2.05) is 0 Å². The third-order valence-corrected chi connectivity index (χ3v) is 4.46. The van der Waals surface area contributed by atoms with Crippen LogP contribution in [-0.2, 0) is 0 Å². The summed E-state index contributed by atoms with van der Waals surface area (Å²) in [6.45, 7) is 8.89. The van der Waals surface area contributed by atoms with Gasteiger partial charge in [0.05, 0.1) is 0 Å². The third-order valence-electron chi connectivity index (χ3n) is 4.46. The van der Waals surface area contributed by atoms with E-state index in [-0.39, 0.29) is 0 Å². The van der Waals surface area contributed by atoms with E-state index in [0.717, 1.165) is 18.9 Å². The first kappa shape index (κ1) is 15.4. The van der Waals surface area contributed by atoms with Gasteiger partial charge in [0.25, 0.3) is 0 Å². The summed E-state index contributed by atoms with van der Waals surface area (Å²) in [6.07, 6.45) is 6.53. The van der Waals surface area contributed by atoms with Crippen LogP contribution in [0.4, 0.5) is 0 Å². The molecule has 1 heterocycles. The van der Waals surface area contributed by atoms with Crippen LogP contribution in [0.1, 0.15) is 57.4 Å². The van der Waals surface area contributed by atoms with E-state index in [2.05, 4.69) is 43.0 Å². The van der Waals surface area contributed by atoms with Crippen LogP contribution in [0, 0.1) is 0 Å². The highest BCUT2D eigenvalue weighted by molar-refractivity contribution is 5.29. The van der Waals surface area contributed by atoms with Gasteiger partial charge in [0, 0.05) is 6.54 Å². The van der Waals surface area contributed by atoms with Gasteiger partial charge in [-0.3, -0.25) is 4.90 Å². The average Bonchev–Trinajstić information content (AvgIpc) is 2.51. The summed E-state index contributed by atoms with van der Waals surface area (Å²) < 4.78 is 5.87. The molecule has 0 spiro atoms. The van der Waals surface area contributed by atoms with Gasteiger partial charge < -0.3 is 4.74 Å². The molecule has 0 unspecified atom stereocenters. The highest BCUT2D eigenvalue weighted by Gasteiger charge is 2.10. The zero-order chi connectivity index (χ0) is 14.2. The fourth-order valence-electron chi connectivity index (χ4n) is 3.07. The maximum absolute atomic E-state index is 5.87. The number of likely N-dealkylation sites (tertiary alicyclic amines) is 1. The zero-order valence-corrected chi connectivity index (χ0v) is 13.1. The minimum Gasteiger partial charge on any atom is -0.492 e. The topological polar surface area (TPSA) is 12.5 Å². The van der Waals surface area contributed by atoms with E-state index in [0.29, 0.717) is 5.92 Å². The van der Waals surface area contributed by atoms with Gasteiger partial charge in [0.1, 0.15) is 12.4 Å². The maximum atomic E-state index is 5.87. The number of hydrogen-bond acceptors (Lipinski definition) is 2. The first-order valence-electron chi connectivity index (χ1n) is 8.28. The standard InChI is InChI=1S/C18H29NO/c1-3-16(4-2)17-8-10-18(11-9-17)20-15-14-19-12-6-5-7-13-19/h8-11,16H,3-7,12-15H2,1-2H3. The van der Waals surface area contributed by atoms with Gasteiger partial charge in [0.15, 0.2) is 0 Å². The molecule has 2 rings (SSSR count). The van der Waals surface area contributed by atoms with E-state index in [1.165, 1.54) is 50.8 Å². The molecule has 0 saturated carbocycles. The Hall–Kier alpha value is -1.02. The number of benzene rings is 1. The van der Waals surface area contributed by atoms with Crippen LogP contribution in [0.5, 0.6) is 5.75 Å². The fourth-order valence-corrected chi connectivity index (χ4v) is 3.07. The monoisotopic (exact) mass is 275 g/mol. The number of piperidine rings is 1. The average molecular weight is 275 g/mol. The molecule has 1 saturated heterocycles. The van der Waals surface area contributed by atoms with Crippen LogP contribution in [0.15, 0.2) is 24.3 Å². The summed E-state index contributed by atoms with van der Waals surface area (Å²) in [7, 11) is 0. The second-order valence-corrected chi connectivity index (χ2v) is 5.83. The number of nitrogens with zero attached hydrogens (tertiary/aromatic N) is 1. The van der Waals surface area contributed by atoms with Crippen molar-refractivity contribution >= 4 is 0 Å².